The maximum Gasteiger partial charge on any atom is 0.225 e. The van der Waals surface area contributed by atoms with Crippen molar-refractivity contribution in [1.82, 2.24) is 9.88 Å². The molecule has 1 aromatic heterocycles. The molecule has 124 valence electrons. The molecule has 6 heteroatoms. The van der Waals surface area contributed by atoms with Gasteiger partial charge in [0.25, 0.3) is 0 Å². The number of piperidine rings is 1. The molecule has 1 amide bonds. The predicted molar refractivity (Wildman–Crippen MR) is 86.4 cm³/mol. The standard InChI is InChI=1S/C17H21ClN2O3/c18-15-10-19-8-7-16(15)23-14-2-1-9-20(11-14)17(22)12-3-5-13(21)6-4-12/h7-8,10,12,14H,1-6,9,11H2. The minimum absolute atomic E-state index is 0.00374. The minimum Gasteiger partial charge on any atom is -0.487 e. The van der Waals surface area contributed by atoms with E-state index < -0.39 is 0 Å². The van der Waals surface area contributed by atoms with Crippen molar-refractivity contribution in [1.29, 1.82) is 0 Å². The zero-order chi connectivity index (χ0) is 16.2. The van der Waals surface area contributed by atoms with E-state index in [1.54, 1.807) is 18.5 Å². The maximum atomic E-state index is 12.6. The van der Waals surface area contributed by atoms with Crippen molar-refractivity contribution in [3.8, 4) is 5.75 Å². The molecular weight excluding hydrogens is 316 g/mol. The summed E-state index contributed by atoms with van der Waals surface area (Å²) in [5.41, 5.74) is 0. The monoisotopic (exact) mass is 336 g/mol. The molecule has 0 aromatic carbocycles. The van der Waals surface area contributed by atoms with Crippen LogP contribution in [-0.2, 0) is 9.59 Å². The van der Waals surface area contributed by atoms with Gasteiger partial charge in [-0.2, -0.15) is 0 Å². The second kappa shape index (κ2) is 7.30. The van der Waals surface area contributed by atoms with Crippen LogP contribution in [0.3, 0.4) is 0 Å². The van der Waals surface area contributed by atoms with E-state index in [4.69, 9.17) is 16.3 Å². The van der Waals surface area contributed by atoms with Gasteiger partial charge in [0.1, 0.15) is 22.7 Å². The van der Waals surface area contributed by atoms with E-state index in [1.165, 1.54) is 0 Å². The molecule has 2 heterocycles. The van der Waals surface area contributed by atoms with Crippen LogP contribution in [0, 0.1) is 5.92 Å². The van der Waals surface area contributed by atoms with Gasteiger partial charge in [-0.15, -0.1) is 0 Å². The number of carbonyl (C=O) groups is 2. The first-order chi connectivity index (χ1) is 11.1. The number of ketones is 1. The Labute approximate surface area is 141 Å². The molecule has 1 atom stereocenters. The van der Waals surface area contributed by atoms with Gasteiger partial charge in [-0.1, -0.05) is 11.6 Å². The molecule has 3 rings (SSSR count). The smallest absolute Gasteiger partial charge is 0.225 e. The van der Waals surface area contributed by atoms with Crippen LogP contribution in [0.2, 0.25) is 5.02 Å². The summed E-state index contributed by atoms with van der Waals surface area (Å²) >= 11 is 6.08. The SMILES string of the molecule is O=C1CCC(C(=O)N2CCCC(Oc3ccncc3Cl)C2)CC1. The minimum atomic E-state index is -0.0437. The second-order valence-electron chi connectivity index (χ2n) is 6.29. The zero-order valence-corrected chi connectivity index (χ0v) is 13.8. The van der Waals surface area contributed by atoms with Crippen molar-refractivity contribution in [3.63, 3.8) is 0 Å². The van der Waals surface area contributed by atoms with E-state index in [0.29, 0.717) is 43.0 Å². The van der Waals surface area contributed by atoms with Crippen LogP contribution in [0.1, 0.15) is 38.5 Å². The zero-order valence-electron chi connectivity index (χ0n) is 13.0. The predicted octanol–water partition coefficient (Wildman–Crippen LogP) is 2.86. The third-order valence-electron chi connectivity index (χ3n) is 4.61. The van der Waals surface area contributed by atoms with Gasteiger partial charge in [0.2, 0.25) is 5.91 Å². The Morgan fingerprint density at radius 1 is 1.30 bits per heavy atom. The molecular formula is C17H21ClN2O3. The summed E-state index contributed by atoms with van der Waals surface area (Å²) in [4.78, 5) is 29.8. The van der Waals surface area contributed by atoms with E-state index in [2.05, 4.69) is 4.98 Å². The lowest BCUT2D eigenvalue weighted by Crippen LogP contribution is -2.47. The van der Waals surface area contributed by atoms with Gasteiger partial charge in [-0.05, 0) is 25.7 Å². The Morgan fingerprint density at radius 2 is 2.09 bits per heavy atom. The quantitative estimate of drug-likeness (QED) is 0.851. The molecule has 0 spiro atoms. The topological polar surface area (TPSA) is 59.5 Å². The Morgan fingerprint density at radius 3 is 2.83 bits per heavy atom. The lowest BCUT2D eigenvalue weighted by Gasteiger charge is -2.35. The highest BCUT2D eigenvalue weighted by molar-refractivity contribution is 6.31. The van der Waals surface area contributed by atoms with Crippen molar-refractivity contribution in [2.75, 3.05) is 13.1 Å². The molecule has 1 saturated carbocycles. The van der Waals surface area contributed by atoms with Crippen LogP contribution in [0.5, 0.6) is 5.75 Å². The molecule has 2 fully saturated rings. The van der Waals surface area contributed by atoms with Crippen molar-refractivity contribution >= 4 is 23.3 Å². The average Bonchev–Trinajstić information content (AvgIpc) is 2.57. The Hall–Kier alpha value is -1.62. The number of rotatable bonds is 3. The molecule has 23 heavy (non-hydrogen) atoms. The van der Waals surface area contributed by atoms with Gasteiger partial charge in [-0.3, -0.25) is 14.6 Å². The Balaban J connectivity index is 1.58. The fraction of sp³-hybridized carbons (Fsp3) is 0.588. The fourth-order valence-corrected chi connectivity index (χ4v) is 3.48. The van der Waals surface area contributed by atoms with Crippen LogP contribution in [0.4, 0.5) is 0 Å². The maximum absolute atomic E-state index is 12.6. The van der Waals surface area contributed by atoms with E-state index in [1.807, 2.05) is 4.90 Å². The number of Topliss-reactive ketones (excluding diaryl/α,β-unsaturated/α-hetero) is 1. The van der Waals surface area contributed by atoms with Crippen LogP contribution in [0.15, 0.2) is 18.5 Å². The first-order valence-electron chi connectivity index (χ1n) is 8.20. The Bertz CT molecular complexity index is 583. The van der Waals surface area contributed by atoms with Crippen molar-refractivity contribution in [2.45, 2.75) is 44.6 Å². The summed E-state index contributed by atoms with van der Waals surface area (Å²) in [5.74, 6) is 1.06. The van der Waals surface area contributed by atoms with Gasteiger partial charge >= 0.3 is 0 Å². The van der Waals surface area contributed by atoms with E-state index >= 15 is 0 Å². The lowest BCUT2D eigenvalue weighted by molar-refractivity contribution is -0.140. The number of hydrogen-bond donors (Lipinski definition) is 0. The van der Waals surface area contributed by atoms with Crippen LogP contribution < -0.4 is 4.74 Å². The Kier molecular flexibility index (Phi) is 5.16. The number of hydrogen-bond acceptors (Lipinski definition) is 4. The number of nitrogens with zero attached hydrogens (tertiary/aromatic N) is 2. The second-order valence-corrected chi connectivity index (χ2v) is 6.69. The van der Waals surface area contributed by atoms with Gasteiger partial charge < -0.3 is 9.64 Å². The number of ether oxygens (including phenoxy) is 1. The summed E-state index contributed by atoms with van der Waals surface area (Å²) in [6.07, 6.45) is 7.45. The fourth-order valence-electron chi connectivity index (χ4n) is 3.32. The van der Waals surface area contributed by atoms with E-state index in [0.717, 1.165) is 19.4 Å². The van der Waals surface area contributed by atoms with Gasteiger partial charge in [0.05, 0.1) is 6.54 Å². The average molecular weight is 337 g/mol. The van der Waals surface area contributed by atoms with Crippen LogP contribution >= 0.6 is 11.6 Å². The molecule has 1 aromatic rings. The molecule has 0 bridgehead atoms. The van der Waals surface area contributed by atoms with Gasteiger partial charge in [0, 0.05) is 43.8 Å². The molecule has 0 radical (unpaired) electrons. The first kappa shape index (κ1) is 16.2. The van der Waals surface area contributed by atoms with Gasteiger partial charge in [-0.25, -0.2) is 0 Å². The third-order valence-corrected chi connectivity index (χ3v) is 4.90. The lowest BCUT2D eigenvalue weighted by atomic mass is 9.87. The summed E-state index contributed by atoms with van der Waals surface area (Å²) in [7, 11) is 0. The molecule has 2 aliphatic rings. The summed E-state index contributed by atoms with van der Waals surface area (Å²) in [5, 5.41) is 0.488. The molecule has 1 saturated heterocycles. The summed E-state index contributed by atoms with van der Waals surface area (Å²) in [6, 6.07) is 1.75. The van der Waals surface area contributed by atoms with E-state index in [9.17, 15) is 9.59 Å². The van der Waals surface area contributed by atoms with E-state index in [-0.39, 0.29) is 23.7 Å². The highest BCUT2D eigenvalue weighted by Crippen LogP contribution is 2.28. The number of pyridine rings is 1. The summed E-state index contributed by atoms with van der Waals surface area (Å²) in [6.45, 7) is 1.36. The number of carbonyl (C=O) groups excluding carboxylic acids is 2. The van der Waals surface area contributed by atoms with Crippen molar-refractivity contribution in [2.24, 2.45) is 5.92 Å². The molecule has 1 aliphatic carbocycles. The molecule has 1 unspecified atom stereocenters. The van der Waals surface area contributed by atoms with Crippen LogP contribution in [0.25, 0.3) is 0 Å². The van der Waals surface area contributed by atoms with Crippen LogP contribution in [-0.4, -0.2) is 40.8 Å². The largest absolute Gasteiger partial charge is 0.487 e. The number of aromatic nitrogens is 1. The third kappa shape index (κ3) is 4.02. The number of halogens is 1. The van der Waals surface area contributed by atoms with Gasteiger partial charge in [0.15, 0.2) is 0 Å². The van der Waals surface area contributed by atoms with Crippen molar-refractivity contribution < 1.29 is 14.3 Å². The highest BCUT2D eigenvalue weighted by Gasteiger charge is 2.32. The highest BCUT2D eigenvalue weighted by atomic mass is 35.5. The number of amides is 1. The first-order valence-corrected chi connectivity index (χ1v) is 8.58. The number of likely N-dealkylation sites (tertiary alicyclic amines) is 1. The van der Waals surface area contributed by atoms with Crippen molar-refractivity contribution in [3.05, 3.63) is 23.5 Å². The normalized spacial score (nSPS) is 22.9. The molecule has 0 N–H and O–H groups in total. The summed E-state index contributed by atoms with van der Waals surface area (Å²) < 4.78 is 5.95. The molecule has 1 aliphatic heterocycles. The molecule has 5 nitrogen and oxygen atoms in total.